The second-order valence-corrected chi connectivity index (χ2v) is 9.37. The standard InChI is InChI=1S/C15H16N2O2S2/c1-15(2,3)21(18,19)10-14-17-13(9-20-14)12-6-4-11(8-16)5-7-12/h4-7,9H,10H2,1-3H3. The molecule has 0 N–H and O–H groups in total. The molecule has 0 saturated carbocycles. The van der Waals surface area contributed by atoms with Crippen LogP contribution in [0.25, 0.3) is 11.3 Å². The van der Waals surface area contributed by atoms with Crippen LogP contribution in [0.15, 0.2) is 29.6 Å². The summed E-state index contributed by atoms with van der Waals surface area (Å²) in [4.78, 5) is 4.39. The Balaban J connectivity index is 2.24. The van der Waals surface area contributed by atoms with E-state index < -0.39 is 14.6 Å². The van der Waals surface area contributed by atoms with Gasteiger partial charge in [0.15, 0.2) is 9.84 Å². The Morgan fingerprint density at radius 3 is 2.38 bits per heavy atom. The fraction of sp³-hybridized carbons (Fsp3) is 0.333. The highest BCUT2D eigenvalue weighted by Crippen LogP contribution is 2.26. The third-order valence-electron chi connectivity index (χ3n) is 3.11. The number of benzene rings is 1. The Morgan fingerprint density at radius 2 is 1.86 bits per heavy atom. The van der Waals surface area contributed by atoms with Gasteiger partial charge >= 0.3 is 0 Å². The summed E-state index contributed by atoms with van der Waals surface area (Å²) in [6, 6.07) is 9.14. The van der Waals surface area contributed by atoms with E-state index in [0.29, 0.717) is 10.6 Å². The van der Waals surface area contributed by atoms with Crippen LogP contribution in [0, 0.1) is 11.3 Å². The number of rotatable bonds is 3. The van der Waals surface area contributed by atoms with Crippen LogP contribution in [0.2, 0.25) is 0 Å². The Hall–Kier alpha value is -1.71. The van der Waals surface area contributed by atoms with Crippen molar-refractivity contribution < 1.29 is 8.42 Å². The molecular formula is C15H16N2O2S2. The summed E-state index contributed by atoms with van der Waals surface area (Å²) in [5.41, 5.74) is 2.21. The summed E-state index contributed by atoms with van der Waals surface area (Å²) in [7, 11) is -3.23. The first kappa shape index (κ1) is 15.7. The van der Waals surface area contributed by atoms with Crippen molar-refractivity contribution in [2.75, 3.05) is 0 Å². The van der Waals surface area contributed by atoms with Gasteiger partial charge in [0.2, 0.25) is 0 Å². The average Bonchev–Trinajstić information content (AvgIpc) is 2.85. The zero-order valence-electron chi connectivity index (χ0n) is 12.1. The quantitative estimate of drug-likeness (QED) is 0.869. The first-order chi connectivity index (χ1) is 9.73. The van der Waals surface area contributed by atoms with Crippen molar-refractivity contribution in [2.24, 2.45) is 0 Å². The molecule has 0 amide bonds. The lowest BCUT2D eigenvalue weighted by molar-refractivity contribution is 0.559. The molecule has 21 heavy (non-hydrogen) atoms. The molecule has 0 aliphatic carbocycles. The van der Waals surface area contributed by atoms with E-state index in [0.717, 1.165) is 11.3 Å². The molecule has 1 heterocycles. The van der Waals surface area contributed by atoms with E-state index in [2.05, 4.69) is 11.1 Å². The molecule has 0 saturated heterocycles. The second kappa shape index (κ2) is 5.58. The molecular weight excluding hydrogens is 304 g/mol. The summed E-state index contributed by atoms with van der Waals surface area (Å²) in [5, 5.41) is 11.2. The van der Waals surface area contributed by atoms with Gasteiger partial charge in [0.1, 0.15) is 10.8 Å². The van der Waals surface area contributed by atoms with Crippen LogP contribution in [0.1, 0.15) is 31.3 Å². The van der Waals surface area contributed by atoms with Gasteiger partial charge in [-0.3, -0.25) is 0 Å². The van der Waals surface area contributed by atoms with E-state index in [1.54, 1.807) is 32.9 Å². The first-order valence-electron chi connectivity index (χ1n) is 6.40. The van der Waals surface area contributed by atoms with E-state index in [1.807, 2.05) is 17.5 Å². The molecule has 1 aromatic heterocycles. The Bertz CT molecular complexity index is 776. The predicted molar refractivity (Wildman–Crippen MR) is 84.6 cm³/mol. The molecule has 110 valence electrons. The maximum absolute atomic E-state index is 12.2. The highest BCUT2D eigenvalue weighted by molar-refractivity contribution is 7.92. The highest BCUT2D eigenvalue weighted by Gasteiger charge is 2.30. The van der Waals surface area contributed by atoms with Gasteiger partial charge in [0.05, 0.1) is 22.1 Å². The lowest BCUT2D eigenvalue weighted by Gasteiger charge is -2.17. The summed E-state index contributed by atoms with van der Waals surface area (Å²) in [6.45, 7) is 5.08. The molecule has 0 atom stereocenters. The van der Waals surface area contributed by atoms with Crippen LogP contribution < -0.4 is 0 Å². The Morgan fingerprint density at radius 1 is 1.24 bits per heavy atom. The number of hydrogen-bond donors (Lipinski definition) is 0. The highest BCUT2D eigenvalue weighted by atomic mass is 32.2. The fourth-order valence-corrected chi connectivity index (χ4v) is 3.75. The van der Waals surface area contributed by atoms with Gasteiger partial charge < -0.3 is 0 Å². The maximum Gasteiger partial charge on any atom is 0.161 e. The Labute approximate surface area is 129 Å². The molecule has 0 unspecified atom stereocenters. The SMILES string of the molecule is CC(C)(C)S(=O)(=O)Cc1nc(-c2ccc(C#N)cc2)cs1. The van der Waals surface area contributed by atoms with Crippen molar-refractivity contribution in [3.63, 3.8) is 0 Å². The van der Waals surface area contributed by atoms with Gasteiger partial charge in [-0.05, 0) is 32.9 Å². The zero-order chi connectivity index (χ0) is 15.7. The molecule has 0 bridgehead atoms. The largest absolute Gasteiger partial charge is 0.240 e. The van der Waals surface area contributed by atoms with Gasteiger partial charge in [-0.2, -0.15) is 5.26 Å². The number of nitriles is 1. The van der Waals surface area contributed by atoms with Gasteiger partial charge in [-0.15, -0.1) is 11.3 Å². The van der Waals surface area contributed by atoms with Crippen LogP contribution in [0.4, 0.5) is 0 Å². The van der Waals surface area contributed by atoms with Crippen molar-refractivity contribution in [2.45, 2.75) is 31.3 Å². The number of nitrogens with zero attached hydrogens (tertiary/aromatic N) is 2. The predicted octanol–water partition coefficient (Wildman–Crippen LogP) is 3.40. The molecule has 4 nitrogen and oxygen atoms in total. The molecule has 0 fully saturated rings. The van der Waals surface area contributed by atoms with E-state index in [-0.39, 0.29) is 5.75 Å². The number of sulfone groups is 1. The van der Waals surface area contributed by atoms with Gasteiger partial charge in [-0.25, -0.2) is 13.4 Å². The summed E-state index contributed by atoms with van der Waals surface area (Å²) >= 11 is 1.34. The molecule has 6 heteroatoms. The van der Waals surface area contributed by atoms with E-state index in [4.69, 9.17) is 5.26 Å². The van der Waals surface area contributed by atoms with E-state index in [9.17, 15) is 8.42 Å². The molecule has 0 aliphatic rings. The monoisotopic (exact) mass is 320 g/mol. The molecule has 2 aromatic rings. The molecule has 0 radical (unpaired) electrons. The second-order valence-electron chi connectivity index (χ2n) is 5.69. The number of hydrogen-bond acceptors (Lipinski definition) is 5. The topological polar surface area (TPSA) is 70.8 Å². The minimum atomic E-state index is -3.23. The summed E-state index contributed by atoms with van der Waals surface area (Å²) in [5.74, 6) is -0.0442. The Kier molecular flexibility index (Phi) is 4.17. The van der Waals surface area contributed by atoms with Gasteiger partial charge in [-0.1, -0.05) is 12.1 Å². The van der Waals surface area contributed by atoms with Crippen molar-refractivity contribution in [1.82, 2.24) is 4.98 Å². The van der Waals surface area contributed by atoms with Crippen molar-refractivity contribution in [1.29, 1.82) is 5.26 Å². The fourth-order valence-electron chi connectivity index (χ4n) is 1.60. The number of thiazole rings is 1. The normalized spacial score (nSPS) is 12.1. The van der Waals surface area contributed by atoms with Crippen molar-refractivity contribution in [3.8, 4) is 17.3 Å². The molecule has 1 aromatic carbocycles. The van der Waals surface area contributed by atoms with E-state index >= 15 is 0 Å². The third kappa shape index (κ3) is 3.49. The average molecular weight is 320 g/mol. The van der Waals surface area contributed by atoms with Gasteiger partial charge in [0.25, 0.3) is 0 Å². The minimum absolute atomic E-state index is 0.0442. The lowest BCUT2D eigenvalue weighted by Crippen LogP contribution is -2.29. The third-order valence-corrected chi connectivity index (χ3v) is 6.66. The van der Waals surface area contributed by atoms with Crippen LogP contribution in [-0.4, -0.2) is 18.1 Å². The first-order valence-corrected chi connectivity index (χ1v) is 8.93. The van der Waals surface area contributed by atoms with Crippen LogP contribution in [0.5, 0.6) is 0 Å². The summed E-state index contributed by atoms with van der Waals surface area (Å²) in [6.07, 6.45) is 0. The van der Waals surface area contributed by atoms with Crippen LogP contribution in [-0.2, 0) is 15.6 Å². The summed E-state index contributed by atoms with van der Waals surface area (Å²) < 4.78 is 23.6. The number of aromatic nitrogens is 1. The minimum Gasteiger partial charge on any atom is -0.240 e. The lowest BCUT2D eigenvalue weighted by atomic mass is 10.1. The molecule has 2 rings (SSSR count). The van der Waals surface area contributed by atoms with Gasteiger partial charge in [0, 0.05) is 10.9 Å². The van der Waals surface area contributed by atoms with Crippen molar-refractivity contribution >= 4 is 21.2 Å². The van der Waals surface area contributed by atoms with E-state index in [1.165, 1.54) is 11.3 Å². The maximum atomic E-state index is 12.2. The van der Waals surface area contributed by atoms with Crippen LogP contribution >= 0.6 is 11.3 Å². The van der Waals surface area contributed by atoms with Crippen molar-refractivity contribution in [3.05, 3.63) is 40.2 Å². The molecule has 0 aliphatic heterocycles. The molecule has 0 spiro atoms. The van der Waals surface area contributed by atoms with Crippen LogP contribution in [0.3, 0.4) is 0 Å². The zero-order valence-corrected chi connectivity index (χ0v) is 13.8. The smallest absolute Gasteiger partial charge is 0.161 e.